The second-order valence-corrected chi connectivity index (χ2v) is 11.8. The van der Waals surface area contributed by atoms with E-state index in [2.05, 4.69) is 22.7 Å². The van der Waals surface area contributed by atoms with Crippen LogP contribution in [0.1, 0.15) is 0 Å². The molecule has 0 saturated carbocycles. The Morgan fingerprint density at radius 2 is 0.789 bits per heavy atom. The predicted molar refractivity (Wildman–Crippen MR) is 158 cm³/mol. The van der Waals surface area contributed by atoms with Crippen molar-refractivity contribution >= 4 is 47.0 Å². The van der Waals surface area contributed by atoms with E-state index in [9.17, 15) is 0 Å². The van der Waals surface area contributed by atoms with Crippen molar-refractivity contribution in [2.24, 2.45) is 0 Å². The first-order chi connectivity index (χ1) is 18.8. The van der Waals surface area contributed by atoms with Gasteiger partial charge in [0, 0.05) is 9.81 Å². The average molecular weight is 605 g/mol. The van der Waals surface area contributed by atoms with E-state index in [4.69, 9.17) is 50.7 Å². The minimum Gasteiger partial charge on any atom is -0.377 e. The van der Waals surface area contributed by atoms with Gasteiger partial charge >= 0.3 is 0 Å². The lowest BCUT2D eigenvalue weighted by Crippen LogP contribution is -2.12. The molecule has 0 radical (unpaired) electrons. The highest BCUT2D eigenvalue weighted by Crippen LogP contribution is 2.55. The van der Waals surface area contributed by atoms with Gasteiger partial charge in [0.2, 0.25) is 0 Å². The van der Waals surface area contributed by atoms with E-state index < -0.39 is 0 Å². The van der Waals surface area contributed by atoms with Crippen LogP contribution in [0.2, 0.25) is 0 Å². The third kappa shape index (κ3) is 17.2. The van der Waals surface area contributed by atoms with Gasteiger partial charge in [-0.3, -0.25) is 0 Å². The minimum absolute atomic E-state index is 0.314. The third-order valence-electron chi connectivity index (χ3n) is 4.30. The Morgan fingerprint density at radius 1 is 0.474 bits per heavy atom. The maximum Gasteiger partial charge on any atom is 0.107 e. The smallest absolute Gasteiger partial charge is 0.107 e. The molecule has 8 nitrogen and oxygen atoms in total. The molecule has 0 bridgehead atoms. The maximum atomic E-state index is 5.74. The number of thioether (sulfide) groups is 4. The highest BCUT2D eigenvalue weighted by atomic mass is 32.2. The van der Waals surface area contributed by atoms with Crippen LogP contribution in [-0.2, 0) is 37.9 Å². The zero-order valence-electron chi connectivity index (χ0n) is 21.5. The summed E-state index contributed by atoms with van der Waals surface area (Å²) in [6.07, 6.45) is 10.2. The number of terminal acetylenes is 2. The van der Waals surface area contributed by atoms with Crippen LogP contribution in [0.15, 0.2) is 29.1 Å². The molecular formula is C26H36O8S4. The Bertz CT molecular complexity index is 753. The molecule has 0 unspecified atom stereocenters. The van der Waals surface area contributed by atoms with Gasteiger partial charge in [-0.15, -0.1) is 12.8 Å². The molecule has 2 aliphatic heterocycles. The van der Waals surface area contributed by atoms with Crippen molar-refractivity contribution in [2.75, 3.05) is 106 Å². The number of hydrogen-bond donors (Lipinski definition) is 0. The van der Waals surface area contributed by atoms with Crippen molar-refractivity contribution in [3.05, 3.63) is 29.1 Å². The molecule has 2 heterocycles. The van der Waals surface area contributed by atoms with Crippen LogP contribution < -0.4 is 0 Å². The molecule has 0 amide bonds. The Kier molecular flexibility index (Phi) is 21.4. The summed E-state index contributed by atoms with van der Waals surface area (Å²) in [5.74, 6) is 4.82. The van der Waals surface area contributed by atoms with Gasteiger partial charge in [-0.25, -0.2) is 0 Å². The Labute approximate surface area is 243 Å². The molecule has 0 aromatic heterocycles. The Balaban J connectivity index is 1.39. The highest BCUT2D eigenvalue weighted by Gasteiger charge is 2.22. The Hall–Kier alpha value is -0.580. The molecular weight excluding hydrogens is 569 g/mol. The van der Waals surface area contributed by atoms with E-state index in [1.807, 2.05) is 0 Å². The van der Waals surface area contributed by atoms with Gasteiger partial charge in [0.05, 0.1) is 101 Å². The standard InChI is InChI=1S/C26H36O8S4/c1-3-5-27-7-9-29-11-13-31-15-17-33-19-23-21-35-25(37-23)26-36-22-24(38-26)20-34-18-16-32-14-12-30-10-8-28-6-4-2/h1-2,21-22H,5-20H2/b26-25-. The first kappa shape index (κ1) is 33.6. The van der Waals surface area contributed by atoms with Gasteiger partial charge in [0.1, 0.15) is 13.2 Å². The molecule has 0 aliphatic carbocycles. The van der Waals surface area contributed by atoms with Gasteiger partial charge in [0.15, 0.2) is 0 Å². The van der Waals surface area contributed by atoms with Crippen molar-refractivity contribution in [3.8, 4) is 24.7 Å². The molecule has 0 atom stereocenters. The van der Waals surface area contributed by atoms with Crippen molar-refractivity contribution in [3.63, 3.8) is 0 Å². The van der Waals surface area contributed by atoms with Crippen LogP contribution in [0.5, 0.6) is 0 Å². The fourth-order valence-electron chi connectivity index (χ4n) is 2.60. The molecule has 0 spiro atoms. The van der Waals surface area contributed by atoms with Gasteiger partial charge in [-0.1, -0.05) is 58.9 Å². The molecule has 12 heteroatoms. The molecule has 0 N–H and O–H groups in total. The van der Waals surface area contributed by atoms with Crippen LogP contribution >= 0.6 is 47.0 Å². The predicted octanol–water partition coefficient (Wildman–Crippen LogP) is 4.16. The van der Waals surface area contributed by atoms with Crippen LogP contribution in [-0.4, -0.2) is 106 Å². The summed E-state index contributed by atoms with van der Waals surface area (Å²) in [6.45, 7) is 8.11. The largest absolute Gasteiger partial charge is 0.377 e. The van der Waals surface area contributed by atoms with Gasteiger partial charge < -0.3 is 37.9 Å². The summed E-state index contributed by atoms with van der Waals surface area (Å²) in [4.78, 5) is 2.42. The number of hydrogen-bond acceptors (Lipinski definition) is 12. The van der Waals surface area contributed by atoms with E-state index >= 15 is 0 Å². The molecule has 0 fully saturated rings. The fourth-order valence-corrected chi connectivity index (χ4v) is 7.40. The average Bonchev–Trinajstić information content (AvgIpc) is 3.60. The summed E-state index contributed by atoms with van der Waals surface area (Å²) >= 11 is 7.03. The molecule has 0 aromatic rings. The lowest BCUT2D eigenvalue weighted by molar-refractivity contribution is 0.00423. The van der Waals surface area contributed by atoms with E-state index in [0.29, 0.717) is 106 Å². The lowest BCUT2D eigenvalue weighted by Gasteiger charge is -2.08. The zero-order valence-corrected chi connectivity index (χ0v) is 24.8. The highest BCUT2D eigenvalue weighted by molar-refractivity contribution is 8.33. The normalized spacial score (nSPS) is 16.9. The lowest BCUT2D eigenvalue weighted by atomic mass is 10.6. The van der Waals surface area contributed by atoms with Crippen molar-refractivity contribution < 1.29 is 37.9 Å². The topological polar surface area (TPSA) is 73.8 Å². The monoisotopic (exact) mass is 604 g/mol. The molecule has 2 rings (SSSR count). The first-order valence-electron chi connectivity index (χ1n) is 12.1. The molecule has 38 heavy (non-hydrogen) atoms. The summed E-state index contributed by atoms with van der Waals surface area (Å²) in [7, 11) is 0. The van der Waals surface area contributed by atoms with Crippen LogP contribution in [0.3, 0.4) is 0 Å². The summed E-state index contributed by atoms with van der Waals surface area (Å²) in [5, 5.41) is 4.32. The van der Waals surface area contributed by atoms with Crippen molar-refractivity contribution in [1.82, 2.24) is 0 Å². The molecule has 2 aliphatic rings. The van der Waals surface area contributed by atoms with Crippen molar-refractivity contribution in [1.29, 1.82) is 0 Å². The molecule has 0 saturated heterocycles. The van der Waals surface area contributed by atoms with E-state index in [1.54, 1.807) is 47.0 Å². The van der Waals surface area contributed by atoms with Crippen LogP contribution in [0.4, 0.5) is 0 Å². The van der Waals surface area contributed by atoms with Crippen molar-refractivity contribution in [2.45, 2.75) is 0 Å². The van der Waals surface area contributed by atoms with E-state index in [1.165, 1.54) is 18.3 Å². The SMILES string of the molecule is C#CCOCCOCCOCCOCC1=CS/C(=C2\SC=C(COCCOCCOCCOCC#C)S2)S1. The summed E-state index contributed by atoms with van der Waals surface area (Å²) in [6, 6.07) is 0. The van der Waals surface area contributed by atoms with E-state index in [-0.39, 0.29) is 0 Å². The minimum atomic E-state index is 0.314. The first-order valence-corrected chi connectivity index (χ1v) is 15.5. The van der Waals surface area contributed by atoms with Gasteiger partial charge in [-0.2, -0.15) is 0 Å². The second-order valence-electron chi connectivity index (χ2n) is 7.25. The van der Waals surface area contributed by atoms with Crippen LogP contribution in [0.25, 0.3) is 0 Å². The third-order valence-corrected chi connectivity index (χ3v) is 9.61. The van der Waals surface area contributed by atoms with E-state index in [0.717, 1.165) is 0 Å². The van der Waals surface area contributed by atoms with Crippen LogP contribution in [0, 0.1) is 24.7 Å². The van der Waals surface area contributed by atoms with Gasteiger partial charge in [-0.05, 0) is 10.8 Å². The Morgan fingerprint density at radius 3 is 1.13 bits per heavy atom. The zero-order chi connectivity index (χ0) is 26.9. The second kappa shape index (κ2) is 24.2. The van der Waals surface area contributed by atoms with Gasteiger partial charge in [0.25, 0.3) is 0 Å². The quantitative estimate of drug-likeness (QED) is 0.117. The summed E-state index contributed by atoms with van der Waals surface area (Å²) < 4.78 is 46.1. The fraction of sp³-hybridized carbons (Fsp3) is 0.615. The number of rotatable bonds is 24. The molecule has 0 aromatic carbocycles. The number of ether oxygens (including phenoxy) is 8. The summed E-state index contributed by atoms with van der Waals surface area (Å²) in [5.41, 5.74) is 0. The molecule has 212 valence electrons. The maximum absolute atomic E-state index is 5.74.